The van der Waals surface area contributed by atoms with Gasteiger partial charge < -0.3 is 0 Å². The van der Waals surface area contributed by atoms with E-state index in [2.05, 4.69) is 47.4 Å². The largest absolute Gasteiger partial charge is 0.295 e. The molecule has 1 saturated heterocycles. The smallest absolute Gasteiger partial charge is 0.242 e. The van der Waals surface area contributed by atoms with Gasteiger partial charge in [0.25, 0.3) is 0 Å². The van der Waals surface area contributed by atoms with E-state index in [4.69, 9.17) is 0 Å². The van der Waals surface area contributed by atoms with E-state index in [1.807, 2.05) is 24.3 Å². The number of hydrogen-bond donors (Lipinski definition) is 0. The van der Waals surface area contributed by atoms with Gasteiger partial charge in [0.15, 0.2) is 0 Å². The van der Waals surface area contributed by atoms with Crippen molar-refractivity contribution < 1.29 is 8.42 Å². The van der Waals surface area contributed by atoms with E-state index in [1.54, 1.807) is 31.3 Å². The molecule has 0 aromatic heterocycles. The molecule has 1 unspecified atom stereocenters. The number of piperidine rings is 1. The van der Waals surface area contributed by atoms with Crippen LogP contribution in [0.15, 0.2) is 95.9 Å². The molecule has 1 aliphatic heterocycles. The van der Waals surface area contributed by atoms with Crippen LogP contribution in [0.5, 0.6) is 0 Å². The number of rotatable bonds is 7. The number of likely N-dealkylation sites (N-methyl/N-ethyl adjacent to an activating group) is 1. The highest BCUT2D eigenvalue weighted by atomic mass is 32.2. The van der Waals surface area contributed by atoms with Crippen LogP contribution in [0, 0.1) is 0 Å². The number of likely N-dealkylation sites (tertiary alicyclic amines) is 1. The molecule has 1 atom stereocenters. The minimum atomic E-state index is -3.53. The summed E-state index contributed by atoms with van der Waals surface area (Å²) >= 11 is 0. The third-order valence-corrected chi connectivity index (χ3v) is 8.14. The summed E-state index contributed by atoms with van der Waals surface area (Å²) in [5, 5.41) is 0. The third kappa shape index (κ3) is 5.06. The van der Waals surface area contributed by atoms with Crippen LogP contribution in [0.3, 0.4) is 0 Å². The maximum Gasteiger partial charge on any atom is 0.242 e. The quantitative estimate of drug-likeness (QED) is 0.529. The van der Waals surface area contributed by atoms with Gasteiger partial charge in [0.05, 0.1) is 4.90 Å². The Balaban J connectivity index is 1.52. The van der Waals surface area contributed by atoms with Crippen LogP contribution in [0.1, 0.15) is 35.9 Å². The highest BCUT2D eigenvalue weighted by Gasteiger charge is 2.30. The van der Waals surface area contributed by atoms with Crippen molar-refractivity contribution in [1.82, 2.24) is 9.21 Å². The van der Waals surface area contributed by atoms with E-state index in [9.17, 15) is 8.42 Å². The van der Waals surface area contributed by atoms with Crippen molar-refractivity contribution in [2.45, 2.75) is 29.7 Å². The molecule has 0 radical (unpaired) electrons. The fourth-order valence-corrected chi connectivity index (χ4v) is 5.69. The number of hydrogen-bond acceptors (Lipinski definition) is 3. The van der Waals surface area contributed by atoms with Crippen molar-refractivity contribution in [2.24, 2.45) is 0 Å². The second-order valence-corrected chi connectivity index (χ2v) is 10.3. The fraction of sp³-hybridized carbons (Fsp3) is 0.308. The molecule has 1 fully saturated rings. The summed E-state index contributed by atoms with van der Waals surface area (Å²) in [5.74, 6) is 0.569. The summed E-state index contributed by atoms with van der Waals surface area (Å²) < 4.78 is 27.8. The first-order valence-corrected chi connectivity index (χ1v) is 12.3. The molecule has 1 aliphatic rings. The topological polar surface area (TPSA) is 40.6 Å². The maximum absolute atomic E-state index is 13.1. The number of benzene rings is 3. The Morgan fingerprint density at radius 3 is 1.94 bits per heavy atom. The molecule has 3 aromatic rings. The number of sulfonamides is 1. The van der Waals surface area contributed by atoms with Crippen molar-refractivity contribution in [1.29, 1.82) is 0 Å². The molecule has 31 heavy (non-hydrogen) atoms. The Morgan fingerprint density at radius 1 is 0.839 bits per heavy atom. The zero-order chi connectivity index (χ0) is 21.7. The summed E-state index contributed by atoms with van der Waals surface area (Å²) in [4.78, 5) is 2.79. The van der Waals surface area contributed by atoms with Gasteiger partial charge in [-0.25, -0.2) is 8.42 Å². The zero-order valence-electron chi connectivity index (χ0n) is 18.0. The van der Waals surface area contributed by atoms with Crippen molar-refractivity contribution in [3.63, 3.8) is 0 Å². The van der Waals surface area contributed by atoms with Gasteiger partial charge in [-0.2, -0.15) is 4.31 Å². The van der Waals surface area contributed by atoms with Gasteiger partial charge in [0.1, 0.15) is 0 Å². The standard InChI is InChI=1S/C26H30N2O2S/c1-27(31(29,30)25-15-9-4-10-16-25)21-26(24-13-7-3-8-14-24)28-19-17-23(18-20-28)22-11-5-2-6-12-22/h2-16,23,26H,17-21H2,1H3. The van der Waals surface area contributed by atoms with Crippen LogP contribution in [0.2, 0.25) is 0 Å². The van der Waals surface area contributed by atoms with Gasteiger partial charge >= 0.3 is 0 Å². The Kier molecular flexibility index (Phi) is 6.86. The van der Waals surface area contributed by atoms with Crippen LogP contribution >= 0.6 is 0 Å². The first kappa shape index (κ1) is 21.8. The second-order valence-electron chi connectivity index (χ2n) is 8.25. The van der Waals surface area contributed by atoms with Crippen LogP contribution in [0.4, 0.5) is 0 Å². The Morgan fingerprint density at radius 2 is 1.35 bits per heavy atom. The minimum absolute atomic E-state index is 0.0291. The van der Waals surface area contributed by atoms with Crippen LogP contribution in [-0.4, -0.2) is 44.3 Å². The van der Waals surface area contributed by atoms with Gasteiger partial charge in [0.2, 0.25) is 10.0 Å². The predicted octanol–water partition coefficient (Wildman–Crippen LogP) is 4.93. The van der Waals surface area contributed by atoms with E-state index in [-0.39, 0.29) is 6.04 Å². The SMILES string of the molecule is CN(CC(c1ccccc1)N1CCC(c2ccccc2)CC1)S(=O)(=O)c1ccccc1. The molecule has 0 saturated carbocycles. The maximum atomic E-state index is 13.1. The molecule has 0 amide bonds. The van der Waals surface area contributed by atoms with Crippen molar-refractivity contribution >= 4 is 10.0 Å². The van der Waals surface area contributed by atoms with E-state index in [0.29, 0.717) is 17.4 Å². The van der Waals surface area contributed by atoms with Gasteiger partial charge in [-0.1, -0.05) is 78.9 Å². The lowest BCUT2D eigenvalue weighted by Crippen LogP contribution is -2.42. The van der Waals surface area contributed by atoms with E-state index in [0.717, 1.165) is 31.5 Å². The lowest BCUT2D eigenvalue weighted by atomic mass is 9.88. The van der Waals surface area contributed by atoms with Crippen molar-refractivity contribution in [3.8, 4) is 0 Å². The first-order valence-electron chi connectivity index (χ1n) is 10.9. The van der Waals surface area contributed by atoms with Crippen LogP contribution < -0.4 is 0 Å². The molecular formula is C26H30N2O2S. The predicted molar refractivity (Wildman–Crippen MR) is 125 cm³/mol. The molecule has 0 N–H and O–H groups in total. The molecular weight excluding hydrogens is 404 g/mol. The van der Waals surface area contributed by atoms with E-state index < -0.39 is 10.0 Å². The highest BCUT2D eigenvalue weighted by molar-refractivity contribution is 7.89. The summed E-state index contributed by atoms with van der Waals surface area (Å²) in [6, 6.07) is 29.7. The van der Waals surface area contributed by atoms with Crippen LogP contribution in [-0.2, 0) is 10.0 Å². The summed E-state index contributed by atoms with van der Waals surface area (Å²) in [6.45, 7) is 2.34. The fourth-order valence-electron chi connectivity index (χ4n) is 4.49. The van der Waals surface area contributed by atoms with Gasteiger partial charge in [-0.15, -0.1) is 0 Å². The molecule has 0 bridgehead atoms. The average Bonchev–Trinajstić information content (AvgIpc) is 2.84. The first-order chi connectivity index (χ1) is 15.1. The molecule has 0 spiro atoms. The zero-order valence-corrected chi connectivity index (χ0v) is 18.8. The molecule has 3 aromatic carbocycles. The lowest BCUT2D eigenvalue weighted by molar-refractivity contribution is 0.138. The molecule has 5 heteroatoms. The summed E-state index contributed by atoms with van der Waals surface area (Å²) in [5.41, 5.74) is 2.57. The average molecular weight is 435 g/mol. The van der Waals surface area contributed by atoms with E-state index >= 15 is 0 Å². The van der Waals surface area contributed by atoms with E-state index in [1.165, 1.54) is 9.87 Å². The minimum Gasteiger partial charge on any atom is -0.295 e. The Labute approximate surface area is 186 Å². The molecule has 4 nitrogen and oxygen atoms in total. The Bertz CT molecular complexity index is 1050. The van der Waals surface area contributed by atoms with Crippen LogP contribution in [0.25, 0.3) is 0 Å². The third-order valence-electron chi connectivity index (χ3n) is 6.31. The number of nitrogens with zero attached hydrogens (tertiary/aromatic N) is 2. The summed E-state index contributed by atoms with van der Waals surface area (Å²) in [6.07, 6.45) is 2.17. The second kappa shape index (κ2) is 9.77. The normalized spacial score (nSPS) is 17.0. The molecule has 162 valence electrons. The molecule has 4 rings (SSSR count). The summed E-state index contributed by atoms with van der Waals surface area (Å²) in [7, 11) is -1.84. The monoisotopic (exact) mass is 434 g/mol. The highest BCUT2D eigenvalue weighted by Crippen LogP contribution is 2.33. The van der Waals surface area contributed by atoms with Crippen molar-refractivity contribution in [2.75, 3.05) is 26.7 Å². The van der Waals surface area contributed by atoms with Gasteiger partial charge in [0, 0.05) is 19.6 Å². The molecule has 0 aliphatic carbocycles. The van der Waals surface area contributed by atoms with Crippen molar-refractivity contribution in [3.05, 3.63) is 102 Å². The van der Waals surface area contributed by atoms with Gasteiger partial charge in [-0.05, 0) is 55.1 Å². The van der Waals surface area contributed by atoms with Gasteiger partial charge in [-0.3, -0.25) is 4.90 Å². The lowest BCUT2D eigenvalue weighted by Gasteiger charge is -2.39. The molecule has 1 heterocycles. The Hall–Kier alpha value is -2.47.